The van der Waals surface area contributed by atoms with Gasteiger partial charge in [0.2, 0.25) is 0 Å². The number of carboxylic acid groups (broad SMARTS) is 1. The number of benzene rings is 2. The number of rotatable bonds is 3. The van der Waals surface area contributed by atoms with Gasteiger partial charge in [0.15, 0.2) is 6.61 Å². The van der Waals surface area contributed by atoms with Gasteiger partial charge in [-0.3, -0.25) is 0 Å². The van der Waals surface area contributed by atoms with Crippen molar-refractivity contribution in [3.8, 4) is 17.6 Å². The number of carboxylic acids is 1. The average Bonchev–Trinajstić information content (AvgIpc) is 2.58. The van der Waals surface area contributed by atoms with Crippen LogP contribution in [0.4, 0.5) is 0 Å². The van der Waals surface area contributed by atoms with Crippen LogP contribution in [-0.4, -0.2) is 22.7 Å². The summed E-state index contributed by atoms with van der Waals surface area (Å²) in [5, 5.41) is 9.69. The summed E-state index contributed by atoms with van der Waals surface area (Å²) in [6.07, 6.45) is 0. The lowest BCUT2D eigenvalue weighted by Crippen LogP contribution is -2.09. The van der Waals surface area contributed by atoms with E-state index in [1.54, 1.807) is 18.2 Å². The van der Waals surface area contributed by atoms with Crippen molar-refractivity contribution in [3.63, 3.8) is 0 Å². The number of ether oxygens (including phenoxy) is 1. The fourth-order valence-electron chi connectivity index (χ4n) is 2.10. The Balaban J connectivity index is 1.84. The van der Waals surface area contributed by atoms with Gasteiger partial charge in [-0.05, 0) is 42.3 Å². The Labute approximate surface area is 147 Å². The van der Waals surface area contributed by atoms with Gasteiger partial charge in [0, 0.05) is 15.4 Å². The van der Waals surface area contributed by atoms with E-state index in [4.69, 9.17) is 9.84 Å². The molecule has 1 aromatic heterocycles. The molecule has 0 fully saturated rings. The van der Waals surface area contributed by atoms with Crippen molar-refractivity contribution in [2.75, 3.05) is 6.61 Å². The Morgan fingerprint density at radius 3 is 2.79 bits per heavy atom. The molecule has 0 atom stereocenters. The first-order valence-corrected chi connectivity index (χ1v) is 7.92. The molecule has 0 aliphatic carbocycles. The third-order valence-corrected chi connectivity index (χ3v) is 3.68. The smallest absolute Gasteiger partial charge is 0.341 e. The van der Waals surface area contributed by atoms with Crippen molar-refractivity contribution < 1.29 is 14.6 Å². The lowest BCUT2D eigenvalue weighted by molar-refractivity contribution is -0.139. The standard InChI is InChI=1S/C19H12BrNO3/c20-15-7-5-14-6-9-16(21-18(14)11-15)8-4-13-2-1-3-17(10-13)24-12-19(22)23/h1-3,5-7,9-11H,12H2,(H,22,23). The minimum Gasteiger partial charge on any atom is -0.482 e. The average molecular weight is 382 g/mol. The summed E-state index contributed by atoms with van der Waals surface area (Å²) in [6, 6.07) is 16.8. The number of halogens is 1. The van der Waals surface area contributed by atoms with Crippen LogP contribution in [0.1, 0.15) is 11.3 Å². The van der Waals surface area contributed by atoms with Gasteiger partial charge in [0.25, 0.3) is 0 Å². The van der Waals surface area contributed by atoms with Crippen molar-refractivity contribution >= 4 is 32.8 Å². The minimum absolute atomic E-state index is 0.377. The zero-order valence-corrected chi connectivity index (χ0v) is 14.1. The molecule has 0 saturated carbocycles. The molecule has 5 heteroatoms. The summed E-state index contributed by atoms with van der Waals surface area (Å²) in [7, 11) is 0. The fraction of sp³-hybridized carbons (Fsp3) is 0.0526. The molecule has 0 aliphatic rings. The highest BCUT2D eigenvalue weighted by Crippen LogP contribution is 2.18. The highest BCUT2D eigenvalue weighted by molar-refractivity contribution is 9.10. The molecule has 2 aromatic carbocycles. The van der Waals surface area contributed by atoms with Crippen LogP contribution in [0.2, 0.25) is 0 Å². The first kappa shape index (κ1) is 16.0. The third-order valence-electron chi connectivity index (χ3n) is 3.19. The second-order valence-corrected chi connectivity index (χ2v) is 5.91. The molecule has 4 nitrogen and oxygen atoms in total. The van der Waals surface area contributed by atoms with E-state index in [-0.39, 0.29) is 6.61 Å². The van der Waals surface area contributed by atoms with E-state index in [0.29, 0.717) is 11.4 Å². The summed E-state index contributed by atoms with van der Waals surface area (Å²) in [6.45, 7) is -0.377. The number of aromatic nitrogens is 1. The SMILES string of the molecule is O=C(O)COc1cccc(C#Cc2ccc3ccc(Br)cc3n2)c1. The Morgan fingerprint density at radius 2 is 1.96 bits per heavy atom. The van der Waals surface area contributed by atoms with Gasteiger partial charge < -0.3 is 9.84 Å². The topological polar surface area (TPSA) is 59.4 Å². The third kappa shape index (κ3) is 4.12. The fourth-order valence-corrected chi connectivity index (χ4v) is 2.45. The highest BCUT2D eigenvalue weighted by Gasteiger charge is 2.00. The number of aliphatic carboxylic acids is 1. The van der Waals surface area contributed by atoms with Gasteiger partial charge in [0.05, 0.1) is 5.52 Å². The number of carbonyl (C=O) groups is 1. The van der Waals surface area contributed by atoms with Crippen molar-refractivity contribution in [3.05, 3.63) is 70.3 Å². The van der Waals surface area contributed by atoms with Crippen LogP contribution in [0.3, 0.4) is 0 Å². The van der Waals surface area contributed by atoms with Crippen molar-refractivity contribution in [2.45, 2.75) is 0 Å². The lowest BCUT2D eigenvalue weighted by Gasteiger charge is -2.02. The predicted molar refractivity (Wildman–Crippen MR) is 95.0 cm³/mol. The van der Waals surface area contributed by atoms with Gasteiger partial charge in [-0.2, -0.15) is 0 Å². The highest BCUT2D eigenvalue weighted by atomic mass is 79.9. The summed E-state index contributed by atoms with van der Waals surface area (Å²) in [4.78, 5) is 15.1. The molecule has 0 unspecified atom stereocenters. The molecule has 1 N–H and O–H groups in total. The molecule has 118 valence electrons. The largest absolute Gasteiger partial charge is 0.482 e. The molecule has 0 amide bonds. The van der Waals surface area contributed by atoms with E-state index in [9.17, 15) is 4.79 Å². The van der Waals surface area contributed by atoms with Gasteiger partial charge in [-0.15, -0.1) is 0 Å². The van der Waals surface area contributed by atoms with Crippen molar-refractivity contribution in [2.24, 2.45) is 0 Å². The number of pyridine rings is 1. The molecule has 0 saturated heterocycles. The molecule has 3 aromatic rings. The molecule has 0 aliphatic heterocycles. The van der Waals surface area contributed by atoms with Gasteiger partial charge >= 0.3 is 5.97 Å². The van der Waals surface area contributed by atoms with Gasteiger partial charge in [0.1, 0.15) is 11.4 Å². The summed E-state index contributed by atoms with van der Waals surface area (Å²) >= 11 is 3.43. The van der Waals surface area contributed by atoms with E-state index < -0.39 is 5.97 Å². The Morgan fingerprint density at radius 1 is 1.12 bits per heavy atom. The molecular weight excluding hydrogens is 370 g/mol. The van der Waals surface area contributed by atoms with E-state index >= 15 is 0 Å². The number of nitrogens with zero attached hydrogens (tertiary/aromatic N) is 1. The zero-order valence-electron chi connectivity index (χ0n) is 12.5. The Hall–Kier alpha value is -2.84. The number of hydrogen-bond donors (Lipinski definition) is 1. The zero-order chi connectivity index (χ0) is 16.9. The first-order valence-electron chi connectivity index (χ1n) is 7.13. The first-order chi connectivity index (χ1) is 11.6. The molecular formula is C19H12BrNO3. The molecule has 0 spiro atoms. The van der Waals surface area contributed by atoms with Crippen LogP contribution in [0, 0.1) is 11.8 Å². The monoisotopic (exact) mass is 381 g/mol. The Bertz CT molecular complexity index is 973. The van der Waals surface area contributed by atoms with Crippen molar-refractivity contribution in [1.82, 2.24) is 4.98 Å². The summed E-state index contributed by atoms with van der Waals surface area (Å²) in [5.41, 5.74) is 2.27. The maximum atomic E-state index is 10.5. The molecule has 0 bridgehead atoms. The van der Waals surface area contributed by atoms with E-state index in [1.807, 2.05) is 36.4 Å². The minimum atomic E-state index is -1.02. The molecule has 1 heterocycles. The van der Waals surface area contributed by atoms with Crippen LogP contribution in [0.15, 0.2) is 59.1 Å². The van der Waals surface area contributed by atoms with E-state index in [2.05, 4.69) is 32.8 Å². The lowest BCUT2D eigenvalue weighted by atomic mass is 10.2. The van der Waals surface area contributed by atoms with Gasteiger partial charge in [-0.1, -0.05) is 40.0 Å². The second kappa shape index (κ2) is 7.16. The summed E-state index contributed by atoms with van der Waals surface area (Å²) in [5.74, 6) is 5.49. The maximum Gasteiger partial charge on any atom is 0.341 e. The van der Waals surface area contributed by atoms with Gasteiger partial charge in [-0.25, -0.2) is 9.78 Å². The molecule has 24 heavy (non-hydrogen) atoms. The summed E-state index contributed by atoms with van der Waals surface area (Å²) < 4.78 is 6.11. The molecule has 3 rings (SSSR count). The van der Waals surface area contributed by atoms with Crippen LogP contribution < -0.4 is 4.74 Å². The normalized spacial score (nSPS) is 10.0. The number of fused-ring (bicyclic) bond motifs is 1. The Kier molecular flexibility index (Phi) is 4.78. The van der Waals surface area contributed by atoms with Crippen LogP contribution in [0.25, 0.3) is 10.9 Å². The quantitative estimate of drug-likeness (QED) is 0.699. The van der Waals surface area contributed by atoms with Crippen molar-refractivity contribution in [1.29, 1.82) is 0 Å². The number of hydrogen-bond acceptors (Lipinski definition) is 3. The second-order valence-electron chi connectivity index (χ2n) is 4.99. The van der Waals surface area contributed by atoms with Crippen LogP contribution in [-0.2, 0) is 4.79 Å². The molecule has 0 radical (unpaired) electrons. The maximum absolute atomic E-state index is 10.5. The predicted octanol–water partition coefficient (Wildman–Crippen LogP) is 3.86. The van der Waals surface area contributed by atoms with E-state index in [0.717, 1.165) is 20.9 Å². The van der Waals surface area contributed by atoms with E-state index in [1.165, 1.54) is 0 Å². The van der Waals surface area contributed by atoms with Crippen LogP contribution in [0.5, 0.6) is 5.75 Å². The van der Waals surface area contributed by atoms with Crippen LogP contribution >= 0.6 is 15.9 Å².